The van der Waals surface area contributed by atoms with Gasteiger partial charge in [0.1, 0.15) is 11.0 Å². The maximum atomic E-state index is 6.52. The Morgan fingerprint density at radius 2 is 1.11 bits per heavy atom. The van der Waals surface area contributed by atoms with Crippen LogP contribution in [0.2, 0.25) is 0 Å². The average Bonchev–Trinajstić information content (AvgIpc) is 3.99. The van der Waals surface area contributed by atoms with E-state index in [-0.39, 0.29) is 6.04 Å². The van der Waals surface area contributed by atoms with Crippen molar-refractivity contribution < 1.29 is 4.42 Å². The molecule has 1 atom stereocenters. The van der Waals surface area contributed by atoms with Crippen molar-refractivity contribution in [2.75, 3.05) is 4.90 Å². The number of anilines is 2. The number of hydrogen-bond acceptors (Lipinski definition) is 2. The molecule has 11 aromatic rings. The van der Waals surface area contributed by atoms with Crippen molar-refractivity contribution >= 4 is 103 Å². The van der Waals surface area contributed by atoms with Crippen LogP contribution in [0.5, 0.6) is 0 Å². The van der Waals surface area contributed by atoms with E-state index in [1.807, 2.05) is 12.1 Å². The molecule has 0 fully saturated rings. The lowest BCUT2D eigenvalue weighted by Gasteiger charge is -2.36. The van der Waals surface area contributed by atoms with Crippen LogP contribution in [0.15, 0.2) is 217 Å². The number of furan rings is 1. The first-order valence-corrected chi connectivity index (χ1v) is 24.1. The van der Waals surface area contributed by atoms with Crippen molar-refractivity contribution in [2.45, 2.75) is 12.5 Å². The van der Waals surface area contributed by atoms with Gasteiger partial charge in [-0.05, 0) is 92.9 Å². The Kier molecular flexibility index (Phi) is 8.96. The summed E-state index contributed by atoms with van der Waals surface area (Å²) >= 11 is 0. The van der Waals surface area contributed by atoms with Crippen LogP contribution in [0.25, 0.3) is 74.1 Å². The highest BCUT2D eigenvalue weighted by molar-refractivity contribution is 7.19. The molecule has 12 rings (SSSR count). The van der Waals surface area contributed by atoms with Crippen LogP contribution in [-0.2, 0) is 0 Å². The van der Waals surface area contributed by atoms with Gasteiger partial charge in [0, 0.05) is 48.7 Å². The summed E-state index contributed by atoms with van der Waals surface area (Å²) in [6.07, 6.45) is 9.47. The molecule has 0 aliphatic heterocycles. The molecule has 0 radical (unpaired) electrons. The topological polar surface area (TPSA) is 20.8 Å². The normalized spacial score (nSPS) is 14.2. The molecule has 0 saturated carbocycles. The van der Waals surface area contributed by atoms with Gasteiger partial charge in [0.25, 0.3) is 0 Å². The molecule has 4 heteroatoms. The summed E-state index contributed by atoms with van der Waals surface area (Å²) in [5, 5.41) is 13.5. The van der Waals surface area contributed by atoms with Crippen molar-refractivity contribution in [3.05, 3.63) is 234 Å². The number of allylic oxidation sites excluding steroid dienone is 1. The first-order chi connectivity index (χ1) is 31.6. The molecular formula is C60H44N2OSi. The van der Waals surface area contributed by atoms with E-state index >= 15 is 0 Å². The molecule has 0 bridgehead atoms. The quantitative estimate of drug-likeness (QED) is 0.107. The second-order valence-electron chi connectivity index (χ2n) is 16.9. The maximum Gasteiger partial charge on any atom is 0.179 e. The third-order valence-corrected chi connectivity index (χ3v) is 18.3. The van der Waals surface area contributed by atoms with Gasteiger partial charge in [0.2, 0.25) is 0 Å². The Hall–Kier alpha value is -7.92. The number of nitrogens with zero attached hydrogens (tertiary/aromatic N) is 2. The SMILES string of the molecule is C=CC=c1c(=C)n2c3ccccc3c3cc(-c4ccc(N(c5ccc([Si](c6ccccc6)(c6ccccc6)c6ccccc6)cc5)C5C=c6oc7ccccc7c6=CC5)cc4)cc1c32. The van der Waals surface area contributed by atoms with Gasteiger partial charge in [-0.2, -0.15) is 0 Å². The smallest absolute Gasteiger partial charge is 0.179 e. The zero-order valence-electron chi connectivity index (χ0n) is 35.4. The summed E-state index contributed by atoms with van der Waals surface area (Å²) in [6, 6.07) is 73.7. The fraction of sp³-hybridized carbons (Fsp3) is 0.0333. The Labute approximate surface area is 372 Å². The van der Waals surface area contributed by atoms with Crippen molar-refractivity contribution in [3.8, 4) is 11.1 Å². The summed E-state index contributed by atoms with van der Waals surface area (Å²) in [7, 11) is -2.70. The van der Waals surface area contributed by atoms with Gasteiger partial charge < -0.3 is 13.7 Å². The second-order valence-corrected chi connectivity index (χ2v) is 20.7. The van der Waals surface area contributed by atoms with Crippen LogP contribution in [0.1, 0.15) is 6.42 Å². The highest BCUT2D eigenvalue weighted by Crippen LogP contribution is 2.37. The monoisotopic (exact) mass is 836 g/mol. The highest BCUT2D eigenvalue weighted by Gasteiger charge is 2.41. The third kappa shape index (κ3) is 5.80. The molecule has 0 N–H and O–H groups in total. The Morgan fingerprint density at radius 3 is 1.75 bits per heavy atom. The van der Waals surface area contributed by atoms with E-state index in [1.54, 1.807) is 0 Å². The van der Waals surface area contributed by atoms with Crippen molar-refractivity contribution in [1.82, 2.24) is 4.40 Å². The standard InChI is InChI=1S/C60H44N2OSi/c1-3-17-51-41(2)61-57-26-15-13-24-52(57)56-39-43(38-55(51)60(56)61)42-28-30-44(31-29-42)62(46-34-37-54-53-25-14-16-27-58(53)63-59(54)40-46)45-32-35-50(36-33-45)64(47-18-7-4-8-19-47,48-20-9-5-10-21-48)49-22-11-6-12-23-49/h3-33,35-40,46H,1-2,34H2. The molecule has 1 unspecified atom stereocenters. The summed E-state index contributed by atoms with van der Waals surface area (Å²) in [5.41, 5.74) is 8.81. The Morgan fingerprint density at radius 1 is 0.562 bits per heavy atom. The van der Waals surface area contributed by atoms with Crippen LogP contribution >= 0.6 is 0 Å². The minimum atomic E-state index is -2.70. The second kappa shape index (κ2) is 15.2. The van der Waals surface area contributed by atoms with Crippen LogP contribution in [0, 0.1) is 0 Å². The minimum Gasteiger partial charge on any atom is -0.456 e. The van der Waals surface area contributed by atoms with Crippen molar-refractivity contribution in [3.63, 3.8) is 0 Å². The molecule has 3 heterocycles. The van der Waals surface area contributed by atoms with Gasteiger partial charge in [0.15, 0.2) is 8.07 Å². The van der Waals surface area contributed by atoms with Gasteiger partial charge in [-0.25, -0.2) is 0 Å². The molecule has 3 aromatic heterocycles. The van der Waals surface area contributed by atoms with E-state index in [1.165, 1.54) is 58.7 Å². The van der Waals surface area contributed by atoms with Crippen LogP contribution < -0.4 is 46.8 Å². The highest BCUT2D eigenvalue weighted by atomic mass is 28.3. The average molecular weight is 837 g/mol. The molecule has 8 aromatic carbocycles. The van der Waals surface area contributed by atoms with Gasteiger partial charge >= 0.3 is 0 Å². The van der Waals surface area contributed by atoms with Crippen LogP contribution in [0.4, 0.5) is 11.4 Å². The zero-order valence-corrected chi connectivity index (χ0v) is 36.4. The van der Waals surface area contributed by atoms with E-state index < -0.39 is 8.07 Å². The summed E-state index contributed by atoms with van der Waals surface area (Å²) in [6.45, 7) is 8.59. The summed E-state index contributed by atoms with van der Waals surface area (Å²) in [4.78, 5) is 2.49. The lowest BCUT2D eigenvalue weighted by Crippen LogP contribution is -2.74. The lowest BCUT2D eigenvalue weighted by molar-refractivity contribution is 0.568. The Balaban J connectivity index is 1.01. The molecular weight excluding hydrogens is 793 g/mol. The van der Waals surface area contributed by atoms with Crippen LogP contribution in [0.3, 0.4) is 0 Å². The Bertz CT molecular complexity index is 3680. The van der Waals surface area contributed by atoms with Gasteiger partial charge in [-0.15, -0.1) is 0 Å². The van der Waals surface area contributed by atoms with Gasteiger partial charge in [-0.3, -0.25) is 0 Å². The predicted octanol–water partition coefficient (Wildman–Crippen LogP) is 9.02. The number of hydrogen-bond donors (Lipinski definition) is 0. The fourth-order valence-corrected chi connectivity index (χ4v) is 15.4. The minimum absolute atomic E-state index is 0.0185. The molecule has 0 amide bonds. The molecule has 1 aliphatic rings. The molecule has 64 heavy (non-hydrogen) atoms. The van der Waals surface area contributed by atoms with E-state index in [4.69, 9.17) is 4.42 Å². The number of benzene rings is 8. The third-order valence-electron chi connectivity index (χ3n) is 13.5. The fourth-order valence-electron chi connectivity index (χ4n) is 10.7. The number of rotatable bonds is 9. The molecule has 1 aliphatic carbocycles. The van der Waals surface area contributed by atoms with E-state index in [9.17, 15) is 0 Å². The number of aromatic nitrogens is 1. The lowest BCUT2D eigenvalue weighted by atomic mass is 9.99. The van der Waals surface area contributed by atoms with E-state index in [0.717, 1.165) is 50.3 Å². The van der Waals surface area contributed by atoms with Crippen molar-refractivity contribution in [2.24, 2.45) is 0 Å². The van der Waals surface area contributed by atoms with Gasteiger partial charge in [0.05, 0.1) is 17.1 Å². The molecule has 0 saturated heterocycles. The zero-order chi connectivity index (χ0) is 42.8. The first kappa shape index (κ1) is 37.8. The van der Waals surface area contributed by atoms with E-state index in [2.05, 4.69) is 235 Å². The predicted molar refractivity (Wildman–Crippen MR) is 273 cm³/mol. The first-order valence-electron chi connectivity index (χ1n) is 22.1. The summed E-state index contributed by atoms with van der Waals surface area (Å²) in [5.74, 6) is 0. The molecule has 0 spiro atoms. The largest absolute Gasteiger partial charge is 0.456 e. The van der Waals surface area contributed by atoms with Crippen LogP contribution in [-0.4, -0.2) is 18.5 Å². The van der Waals surface area contributed by atoms with Gasteiger partial charge in [-0.1, -0.05) is 183 Å². The van der Waals surface area contributed by atoms with Crippen molar-refractivity contribution in [1.29, 1.82) is 0 Å². The van der Waals surface area contributed by atoms with E-state index in [0.29, 0.717) is 0 Å². The maximum absolute atomic E-state index is 6.52. The summed E-state index contributed by atoms with van der Waals surface area (Å²) < 4.78 is 8.83. The number of para-hydroxylation sites is 2. The molecule has 3 nitrogen and oxygen atoms in total. The number of fused-ring (bicyclic) bond motifs is 6. The molecule has 304 valence electrons.